The Labute approximate surface area is 145 Å². The van der Waals surface area contributed by atoms with E-state index in [9.17, 15) is 14.4 Å². The van der Waals surface area contributed by atoms with Gasteiger partial charge in [0.2, 0.25) is 5.91 Å². The van der Waals surface area contributed by atoms with Crippen molar-refractivity contribution in [2.45, 2.75) is 32.4 Å². The zero-order chi connectivity index (χ0) is 18.1. The van der Waals surface area contributed by atoms with Crippen LogP contribution in [-0.4, -0.2) is 54.9 Å². The number of aliphatic hydroxyl groups is 1. The van der Waals surface area contributed by atoms with E-state index >= 15 is 0 Å². The molecule has 1 saturated heterocycles. The maximum absolute atomic E-state index is 12.1. The molecule has 8 heteroatoms. The Morgan fingerprint density at radius 3 is 2.84 bits per heavy atom. The van der Waals surface area contributed by atoms with Gasteiger partial charge in [-0.3, -0.25) is 14.5 Å². The third-order valence-electron chi connectivity index (χ3n) is 4.45. The maximum atomic E-state index is 12.1. The van der Waals surface area contributed by atoms with Gasteiger partial charge in [0, 0.05) is 24.3 Å². The van der Waals surface area contributed by atoms with E-state index < -0.39 is 18.8 Å². The molecule has 1 fully saturated rings. The fraction of sp³-hybridized carbons (Fsp3) is 0.471. The van der Waals surface area contributed by atoms with Crippen molar-refractivity contribution in [2.75, 3.05) is 29.5 Å². The van der Waals surface area contributed by atoms with Crippen LogP contribution >= 0.6 is 0 Å². The first-order valence-corrected chi connectivity index (χ1v) is 8.19. The summed E-state index contributed by atoms with van der Waals surface area (Å²) in [6.45, 7) is 3.43. The second-order valence-corrected chi connectivity index (χ2v) is 6.34. The van der Waals surface area contributed by atoms with E-state index in [2.05, 4.69) is 5.32 Å². The molecule has 0 radical (unpaired) electrons. The molecule has 0 aliphatic carbocycles. The summed E-state index contributed by atoms with van der Waals surface area (Å²) in [4.78, 5) is 38.1. The fourth-order valence-electron chi connectivity index (χ4n) is 3.34. The van der Waals surface area contributed by atoms with Gasteiger partial charge in [0.25, 0.3) is 5.91 Å². The Bertz CT molecular complexity index is 720. The summed E-state index contributed by atoms with van der Waals surface area (Å²) >= 11 is 0. The first kappa shape index (κ1) is 17.2. The minimum atomic E-state index is -0.533. The van der Waals surface area contributed by atoms with E-state index in [1.54, 1.807) is 17.0 Å². The van der Waals surface area contributed by atoms with Crippen LogP contribution < -0.4 is 15.1 Å². The SMILES string of the molecule is CC(=O)NC[C@H]1CN(c2ccc3c(c2)C[C@H](C)N3C(=O)CO)C(=O)O1. The van der Waals surface area contributed by atoms with E-state index in [1.165, 1.54) is 11.8 Å². The number of benzene rings is 1. The van der Waals surface area contributed by atoms with Crippen LogP contribution in [0.1, 0.15) is 19.4 Å². The fourth-order valence-corrected chi connectivity index (χ4v) is 3.34. The largest absolute Gasteiger partial charge is 0.442 e. The van der Waals surface area contributed by atoms with Crippen molar-refractivity contribution in [1.29, 1.82) is 0 Å². The van der Waals surface area contributed by atoms with Gasteiger partial charge in [-0.15, -0.1) is 0 Å². The number of hydrogen-bond acceptors (Lipinski definition) is 5. The zero-order valence-corrected chi connectivity index (χ0v) is 14.2. The van der Waals surface area contributed by atoms with E-state index in [-0.39, 0.29) is 24.4 Å². The Hall–Kier alpha value is -2.61. The van der Waals surface area contributed by atoms with Gasteiger partial charge in [0.05, 0.1) is 13.1 Å². The molecule has 2 aliphatic rings. The summed E-state index contributed by atoms with van der Waals surface area (Å²) in [5, 5.41) is 11.8. The van der Waals surface area contributed by atoms with Crippen molar-refractivity contribution in [1.82, 2.24) is 5.32 Å². The molecule has 2 N–H and O–H groups in total. The summed E-state index contributed by atoms with van der Waals surface area (Å²) in [5.41, 5.74) is 2.40. The van der Waals surface area contributed by atoms with Crippen molar-refractivity contribution in [3.8, 4) is 0 Å². The smallest absolute Gasteiger partial charge is 0.414 e. The predicted octanol–water partition coefficient (Wildman–Crippen LogP) is 0.418. The van der Waals surface area contributed by atoms with Crippen LogP contribution in [0.15, 0.2) is 18.2 Å². The lowest BCUT2D eigenvalue weighted by Crippen LogP contribution is -2.37. The average molecular weight is 347 g/mol. The lowest BCUT2D eigenvalue weighted by Gasteiger charge is -2.22. The summed E-state index contributed by atoms with van der Waals surface area (Å²) in [6.07, 6.45) is -0.187. The quantitative estimate of drug-likeness (QED) is 0.822. The summed E-state index contributed by atoms with van der Waals surface area (Å²) in [6, 6.07) is 5.38. The molecular formula is C17H21N3O5. The number of ether oxygens (including phenoxy) is 1. The van der Waals surface area contributed by atoms with Crippen LogP contribution in [0.4, 0.5) is 16.2 Å². The van der Waals surface area contributed by atoms with Crippen LogP contribution in [-0.2, 0) is 20.7 Å². The highest BCUT2D eigenvalue weighted by Gasteiger charge is 2.35. The lowest BCUT2D eigenvalue weighted by molar-refractivity contribution is -0.121. The van der Waals surface area contributed by atoms with Gasteiger partial charge in [-0.25, -0.2) is 4.79 Å². The summed E-state index contributed by atoms with van der Waals surface area (Å²) in [5.74, 6) is -0.510. The van der Waals surface area contributed by atoms with Crippen LogP contribution in [0.25, 0.3) is 0 Å². The molecule has 1 aromatic carbocycles. The van der Waals surface area contributed by atoms with E-state index in [4.69, 9.17) is 9.84 Å². The van der Waals surface area contributed by atoms with Gasteiger partial charge in [-0.05, 0) is 37.1 Å². The predicted molar refractivity (Wildman–Crippen MR) is 90.5 cm³/mol. The third kappa shape index (κ3) is 3.30. The minimum Gasteiger partial charge on any atom is -0.442 e. The number of carbonyl (C=O) groups excluding carboxylic acids is 3. The number of carbonyl (C=O) groups is 3. The van der Waals surface area contributed by atoms with E-state index in [0.29, 0.717) is 18.7 Å². The summed E-state index contributed by atoms with van der Waals surface area (Å²) < 4.78 is 5.27. The Morgan fingerprint density at radius 2 is 2.16 bits per heavy atom. The van der Waals surface area contributed by atoms with E-state index in [0.717, 1.165) is 11.3 Å². The van der Waals surface area contributed by atoms with Crippen LogP contribution in [0, 0.1) is 0 Å². The number of fused-ring (bicyclic) bond motifs is 1. The van der Waals surface area contributed by atoms with Crippen molar-refractivity contribution < 1.29 is 24.2 Å². The molecule has 2 aliphatic heterocycles. The van der Waals surface area contributed by atoms with Crippen LogP contribution in [0.3, 0.4) is 0 Å². The van der Waals surface area contributed by atoms with Crippen molar-refractivity contribution >= 4 is 29.3 Å². The van der Waals surface area contributed by atoms with Gasteiger partial charge < -0.3 is 20.1 Å². The third-order valence-corrected chi connectivity index (χ3v) is 4.45. The molecule has 3 amide bonds. The molecule has 3 rings (SSSR count). The molecule has 2 heterocycles. The van der Waals surface area contributed by atoms with Gasteiger partial charge in [0.15, 0.2) is 0 Å². The normalized spacial score (nSPS) is 22.0. The highest BCUT2D eigenvalue weighted by atomic mass is 16.6. The number of anilines is 2. The van der Waals surface area contributed by atoms with Crippen molar-refractivity contribution in [3.63, 3.8) is 0 Å². The van der Waals surface area contributed by atoms with Gasteiger partial charge in [0.1, 0.15) is 12.7 Å². The Kier molecular flexibility index (Phi) is 4.63. The molecular weight excluding hydrogens is 326 g/mol. The minimum absolute atomic E-state index is 0.0389. The molecule has 25 heavy (non-hydrogen) atoms. The molecule has 134 valence electrons. The zero-order valence-electron chi connectivity index (χ0n) is 14.2. The number of nitrogens with one attached hydrogen (secondary N) is 1. The maximum Gasteiger partial charge on any atom is 0.414 e. The molecule has 0 bridgehead atoms. The Balaban J connectivity index is 1.77. The van der Waals surface area contributed by atoms with Gasteiger partial charge in [-0.2, -0.15) is 0 Å². The monoisotopic (exact) mass is 347 g/mol. The molecule has 0 unspecified atom stereocenters. The van der Waals surface area contributed by atoms with Gasteiger partial charge in [-0.1, -0.05) is 0 Å². The number of nitrogens with zero attached hydrogens (tertiary/aromatic N) is 2. The standard InChI is InChI=1S/C17H21N3O5/c1-10-5-12-6-13(3-4-15(12)20(10)16(23)9-21)19-8-14(25-17(19)24)7-18-11(2)22/h3-4,6,10,14,21H,5,7-9H2,1-2H3,(H,18,22)/t10-,14-/m0/s1. The molecule has 1 aromatic rings. The first-order valence-electron chi connectivity index (χ1n) is 8.19. The topological polar surface area (TPSA) is 99.2 Å². The molecule has 0 spiro atoms. The molecule has 0 aromatic heterocycles. The number of rotatable bonds is 4. The highest BCUT2D eigenvalue weighted by Crippen LogP contribution is 2.36. The molecule has 0 saturated carbocycles. The van der Waals surface area contributed by atoms with E-state index in [1.807, 2.05) is 13.0 Å². The number of hydrogen-bond donors (Lipinski definition) is 2. The summed E-state index contributed by atoms with van der Waals surface area (Å²) in [7, 11) is 0. The van der Waals surface area contributed by atoms with Crippen molar-refractivity contribution in [3.05, 3.63) is 23.8 Å². The van der Waals surface area contributed by atoms with Gasteiger partial charge >= 0.3 is 6.09 Å². The first-order chi connectivity index (χ1) is 11.9. The van der Waals surface area contributed by atoms with Crippen molar-refractivity contribution in [2.24, 2.45) is 0 Å². The molecule has 8 nitrogen and oxygen atoms in total. The second-order valence-electron chi connectivity index (χ2n) is 6.34. The Morgan fingerprint density at radius 1 is 1.40 bits per heavy atom. The number of aliphatic hydroxyl groups excluding tert-OH is 1. The van der Waals surface area contributed by atoms with Crippen LogP contribution in [0.5, 0.6) is 0 Å². The average Bonchev–Trinajstić information content (AvgIpc) is 3.10. The second kappa shape index (κ2) is 6.72. The number of amides is 3. The highest BCUT2D eigenvalue weighted by molar-refractivity contribution is 5.98. The number of cyclic esters (lactones) is 1. The lowest BCUT2D eigenvalue weighted by atomic mass is 10.1. The molecule has 2 atom stereocenters. The van der Waals surface area contributed by atoms with Crippen LogP contribution in [0.2, 0.25) is 0 Å².